The van der Waals surface area contributed by atoms with E-state index >= 15 is 0 Å². The van der Waals surface area contributed by atoms with Gasteiger partial charge < -0.3 is 10.1 Å². The maximum absolute atomic E-state index is 14.1. The summed E-state index contributed by atoms with van der Waals surface area (Å²) in [4.78, 5) is 1.52. The van der Waals surface area contributed by atoms with Gasteiger partial charge in [-0.2, -0.15) is 0 Å². The van der Waals surface area contributed by atoms with Crippen molar-refractivity contribution in [1.29, 1.82) is 0 Å². The van der Waals surface area contributed by atoms with Gasteiger partial charge in [-0.1, -0.05) is 36.9 Å². The van der Waals surface area contributed by atoms with Gasteiger partial charge in [0.15, 0.2) is 0 Å². The molecule has 0 bridgehead atoms. The van der Waals surface area contributed by atoms with E-state index in [-0.39, 0.29) is 5.82 Å². The first-order valence-corrected chi connectivity index (χ1v) is 7.36. The number of para-hydroxylation sites is 1. The molecule has 0 spiro atoms. The zero-order valence-electron chi connectivity index (χ0n) is 11.7. The molecule has 0 saturated heterocycles. The number of hydrogen-bond acceptors (Lipinski definition) is 3. The lowest BCUT2D eigenvalue weighted by Crippen LogP contribution is -2.11. The maximum Gasteiger partial charge on any atom is 0.137 e. The zero-order valence-corrected chi connectivity index (χ0v) is 12.5. The van der Waals surface area contributed by atoms with Gasteiger partial charge in [-0.3, -0.25) is 0 Å². The van der Waals surface area contributed by atoms with E-state index < -0.39 is 0 Å². The molecule has 0 fully saturated rings. The Morgan fingerprint density at radius 1 is 1.15 bits per heavy atom. The Bertz CT molecular complexity index is 574. The topological polar surface area (TPSA) is 21.3 Å². The first-order chi connectivity index (χ1) is 9.74. The number of nitrogens with one attached hydrogen (secondary N) is 1. The van der Waals surface area contributed by atoms with Crippen molar-refractivity contribution in [3.63, 3.8) is 0 Å². The molecule has 1 N–H and O–H groups in total. The second kappa shape index (κ2) is 7.31. The van der Waals surface area contributed by atoms with Gasteiger partial charge in [0.2, 0.25) is 0 Å². The molecule has 106 valence electrons. The van der Waals surface area contributed by atoms with Crippen LogP contribution in [0.3, 0.4) is 0 Å². The highest BCUT2D eigenvalue weighted by molar-refractivity contribution is 7.99. The molecule has 2 aromatic rings. The Morgan fingerprint density at radius 2 is 1.95 bits per heavy atom. The summed E-state index contributed by atoms with van der Waals surface area (Å²) < 4.78 is 19.4. The van der Waals surface area contributed by atoms with Crippen LogP contribution in [-0.2, 0) is 6.54 Å². The van der Waals surface area contributed by atoms with Crippen molar-refractivity contribution in [2.45, 2.75) is 23.3 Å². The molecule has 0 radical (unpaired) electrons. The predicted molar refractivity (Wildman–Crippen MR) is 80.9 cm³/mol. The van der Waals surface area contributed by atoms with Gasteiger partial charge >= 0.3 is 0 Å². The Kier molecular flexibility index (Phi) is 5.44. The smallest absolute Gasteiger partial charge is 0.137 e. The molecule has 0 unspecified atom stereocenters. The molecular weight excluding hydrogens is 273 g/mol. The molecule has 0 aliphatic heterocycles. The molecule has 0 heterocycles. The SMILES string of the molecule is CCNCc1ccc(Sc2ccccc2OC)c(F)c1. The fourth-order valence-corrected chi connectivity index (χ4v) is 2.76. The number of halogens is 1. The third-order valence-corrected chi connectivity index (χ3v) is 3.97. The van der Waals surface area contributed by atoms with E-state index in [1.807, 2.05) is 43.3 Å². The van der Waals surface area contributed by atoms with Crippen LogP contribution in [0.25, 0.3) is 0 Å². The molecule has 0 aliphatic rings. The minimum atomic E-state index is -0.198. The Labute approximate surface area is 123 Å². The van der Waals surface area contributed by atoms with E-state index in [1.165, 1.54) is 11.8 Å². The highest BCUT2D eigenvalue weighted by Crippen LogP contribution is 2.36. The molecule has 2 aromatic carbocycles. The molecule has 0 aliphatic carbocycles. The summed E-state index contributed by atoms with van der Waals surface area (Å²) in [6.45, 7) is 3.59. The Morgan fingerprint density at radius 3 is 2.65 bits per heavy atom. The summed E-state index contributed by atoms with van der Waals surface area (Å²) >= 11 is 1.38. The van der Waals surface area contributed by atoms with Crippen molar-refractivity contribution in [1.82, 2.24) is 5.32 Å². The predicted octanol–water partition coefficient (Wildman–Crippen LogP) is 4.10. The first-order valence-electron chi connectivity index (χ1n) is 6.54. The van der Waals surface area contributed by atoms with Crippen LogP contribution in [0.5, 0.6) is 5.75 Å². The third-order valence-electron chi connectivity index (χ3n) is 2.86. The van der Waals surface area contributed by atoms with Crippen LogP contribution < -0.4 is 10.1 Å². The van der Waals surface area contributed by atoms with Gasteiger partial charge in [-0.15, -0.1) is 0 Å². The Hall–Kier alpha value is -1.52. The quantitative estimate of drug-likeness (QED) is 0.866. The van der Waals surface area contributed by atoms with Gasteiger partial charge in [0.25, 0.3) is 0 Å². The van der Waals surface area contributed by atoms with E-state index in [0.29, 0.717) is 11.4 Å². The van der Waals surface area contributed by atoms with Crippen molar-refractivity contribution in [3.05, 3.63) is 53.8 Å². The molecule has 2 nitrogen and oxygen atoms in total. The van der Waals surface area contributed by atoms with Crippen molar-refractivity contribution < 1.29 is 9.13 Å². The van der Waals surface area contributed by atoms with Gasteiger partial charge in [0, 0.05) is 11.4 Å². The van der Waals surface area contributed by atoms with Crippen molar-refractivity contribution >= 4 is 11.8 Å². The van der Waals surface area contributed by atoms with Crippen molar-refractivity contribution in [2.24, 2.45) is 0 Å². The number of benzene rings is 2. The molecule has 0 aromatic heterocycles. The third kappa shape index (κ3) is 3.74. The fraction of sp³-hybridized carbons (Fsp3) is 0.250. The summed E-state index contributed by atoms with van der Waals surface area (Å²) in [7, 11) is 1.62. The molecule has 0 atom stereocenters. The summed E-state index contributed by atoms with van der Waals surface area (Å²) in [6.07, 6.45) is 0. The maximum atomic E-state index is 14.1. The van der Waals surface area contributed by atoms with Gasteiger partial charge in [0.1, 0.15) is 11.6 Å². The molecule has 20 heavy (non-hydrogen) atoms. The highest BCUT2D eigenvalue weighted by atomic mass is 32.2. The van der Waals surface area contributed by atoms with Crippen LogP contribution >= 0.6 is 11.8 Å². The molecule has 4 heteroatoms. The Balaban J connectivity index is 2.17. The van der Waals surface area contributed by atoms with Gasteiger partial charge in [-0.25, -0.2) is 4.39 Å². The first kappa shape index (κ1) is 14.9. The van der Waals surface area contributed by atoms with E-state index in [1.54, 1.807) is 13.2 Å². The lowest BCUT2D eigenvalue weighted by atomic mass is 10.2. The van der Waals surface area contributed by atoms with E-state index in [4.69, 9.17) is 4.74 Å². The number of ether oxygens (including phenoxy) is 1. The van der Waals surface area contributed by atoms with E-state index in [2.05, 4.69) is 5.32 Å². The monoisotopic (exact) mass is 291 g/mol. The summed E-state index contributed by atoms with van der Waals surface area (Å²) in [5.74, 6) is 0.560. The van der Waals surface area contributed by atoms with Crippen molar-refractivity contribution in [2.75, 3.05) is 13.7 Å². The second-order valence-electron chi connectivity index (χ2n) is 4.30. The lowest BCUT2D eigenvalue weighted by molar-refractivity contribution is 0.405. The van der Waals surface area contributed by atoms with Crippen LogP contribution in [0.15, 0.2) is 52.3 Å². The minimum Gasteiger partial charge on any atom is -0.496 e. The van der Waals surface area contributed by atoms with Gasteiger partial charge in [0.05, 0.1) is 12.0 Å². The summed E-state index contributed by atoms with van der Waals surface area (Å²) in [5, 5.41) is 3.19. The van der Waals surface area contributed by atoms with E-state index in [0.717, 1.165) is 22.8 Å². The number of methoxy groups -OCH3 is 1. The number of hydrogen-bond donors (Lipinski definition) is 1. The van der Waals surface area contributed by atoms with Crippen LogP contribution in [0.1, 0.15) is 12.5 Å². The highest BCUT2D eigenvalue weighted by Gasteiger charge is 2.09. The molecule has 0 amide bonds. The average Bonchev–Trinajstić information content (AvgIpc) is 2.48. The zero-order chi connectivity index (χ0) is 14.4. The van der Waals surface area contributed by atoms with E-state index in [9.17, 15) is 4.39 Å². The molecule has 2 rings (SSSR count). The average molecular weight is 291 g/mol. The van der Waals surface area contributed by atoms with Crippen LogP contribution in [0.4, 0.5) is 4.39 Å². The van der Waals surface area contributed by atoms with Crippen LogP contribution in [-0.4, -0.2) is 13.7 Å². The largest absolute Gasteiger partial charge is 0.496 e. The minimum absolute atomic E-state index is 0.198. The lowest BCUT2D eigenvalue weighted by Gasteiger charge is -2.09. The number of rotatable bonds is 6. The molecular formula is C16H18FNOS. The molecule has 0 saturated carbocycles. The normalized spacial score (nSPS) is 10.6. The van der Waals surface area contributed by atoms with Crippen LogP contribution in [0.2, 0.25) is 0 Å². The summed E-state index contributed by atoms with van der Waals surface area (Å²) in [6, 6.07) is 13.0. The van der Waals surface area contributed by atoms with Crippen molar-refractivity contribution in [3.8, 4) is 5.75 Å². The van der Waals surface area contributed by atoms with Crippen LogP contribution in [0, 0.1) is 5.82 Å². The summed E-state index contributed by atoms with van der Waals surface area (Å²) in [5.41, 5.74) is 0.953. The standard InChI is InChI=1S/C16H18FNOS/c1-3-18-11-12-8-9-15(13(17)10-12)20-16-7-5-4-6-14(16)19-2/h4-10,18H,3,11H2,1-2H3. The fourth-order valence-electron chi connectivity index (χ4n) is 1.83. The second-order valence-corrected chi connectivity index (χ2v) is 5.38. The van der Waals surface area contributed by atoms with Gasteiger partial charge in [-0.05, 0) is 36.4 Å².